The Morgan fingerprint density at radius 3 is 2.28 bits per heavy atom. The lowest BCUT2D eigenvalue weighted by atomic mass is 9.70. The molecule has 2 fully saturated rings. The molecule has 0 radical (unpaired) electrons. The van der Waals surface area contributed by atoms with Crippen LogP contribution in [0, 0.1) is 16.7 Å². The van der Waals surface area contributed by atoms with E-state index in [0.29, 0.717) is 23.5 Å². The summed E-state index contributed by atoms with van der Waals surface area (Å²) in [5.74, 6) is -0.646. The fourth-order valence-electron chi connectivity index (χ4n) is 5.77. The minimum atomic E-state index is -0.854. The number of esters is 1. The van der Waals surface area contributed by atoms with E-state index in [0.717, 1.165) is 30.6 Å². The number of benzene rings is 1. The van der Waals surface area contributed by atoms with E-state index in [2.05, 4.69) is 20.8 Å². The van der Waals surface area contributed by atoms with Crippen molar-refractivity contribution >= 4 is 17.8 Å². The van der Waals surface area contributed by atoms with Crippen LogP contribution in [0.25, 0.3) is 0 Å². The number of amides is 2. The molecule has 1 aromatic rings. The summed E-state index contributed by atoms with van der Waals surface area (Å²) in [7, 11) is 0. The van der Waals surface area contributed by atoms with E-state index >= 15 is 0 Å². The van der Waals surface area contributed by atoms with E-state index in [-0.39, 0.29) is 28.7 Å². The minimum absolute atomic E-state index is 0.0510. The number of carbonyl (C=O) groups is 3. The fraction of sp³-hybridized carbons (Fsp3) is 0.625. The topological polar surface area (TPSA) is 63.7 Å². The smallest absolute Gasteiger partial charge is 0.329 e. The lowest BCUT2D eigenvalue weighted by Crippen LogP contribution is -2.48. The molecule has 0 spiro atoms. The molecule has 5 heteroatoms. The number of nitrogens with zero attached hydrogens (tertiary/aromatic N) is 1. The van der Waals surface area contributed by atoms with Crippen LogP contribution < -0.4 is 0 Å². The summed E-state index contributed by atoms with van der Waals surface area (Å²) in [6, 6.07) is 5.93. The van der Waals surface area contributed by atoms with Gasteiger partial charge in [0, 0.05) is 5.41 Å². The van der Waals surface area contributed by atoms with Gasteiger partial charge in [-0.3, -0.25) is 14.5 Å². The Morgan fingerprint density at radius 1 is 1.17 bits per heavy atom. The second kappa shape index (κ2) is 6.96. The first-order valence-electron chi connectivity index (χ1n) is 10.9. The molecule has 29 heavy (non-hydrogen) atoms. The molecule has 3 aliphatic rings. The molecule has 0 saturated heterocycles. The van der Waals surface area contributed by atoms with Crippen LogP contribution in [0.2, 0.25) is 0 Å². The number of hydrogen-bond donors (Lipinski definition) is 0. The van der Waals surface area contributed by atoms with E-state index in [1.54, 1.807) is 24.3 Å². The lowest BCUT2D eigenvalue weighted by molar-refractivity contribution is -0.161. The van der Waals surface area contributed by atoms with Crippen LogP contribution >= 0.6 is 0 Å². The first-order valence-corrected chi connectivity index (χ1v) is 10.9. The summed E-state index contributed by atoms with van der Waals surface area (Å²) in [5.41, 5.74) is 0.830. The van der Waals surface area contributed by atoms with Gasteiger partial charge < -0.3 is 4.74 Å². The van der Waals surface area contributed by atoms with Crippen molar-refractivity contribution in [1.29, 1.82) is 0 Å². The predicted molar refractivity (Wildman–Crippen MR) is 109 cm³/mol. The molecular formula is C24H31NO4. The molecule has 5 nitrogen and oxygen atoms in total. The minimum Gasteiger partial charge on any atom is -0.460 e. The van der Waals surface area contributed by atoms with Crippen LogP contribution in [0.3, 0.4) is 0 Å². The molecule has 1 aliphatic heterocycles. The predicted octanol–water partition coefficient (Wildman–Crippen LogP) is 4.60. The maximum absolute atomic E-state index is 13.3. The van der Waals surface area contributed by atoms with Crippen molar-refractivity contribution in [2.24, 2.45) is 16.7 Å². The first kappa shape index (κ1) is 20.1. The SMILES string of the molecule is CCCC[C@@H](C(=O)O[C@@H]1C[C@@H]2CC[C@@]1(C)C2(C)C)N1C(=O)c2ccccc2C1=O. The molecule has 4 rings (SSSR count). The molecule has 156 valence electrons. The molecule has 2 aliphatic carbocycles. The third kappa shape index (κ3) is 2.84. The van der Waals surface area contributed by atoms with Crippen molar-refractivity contribution in [2.45, 2.75) is 78.4 Å². The maximum Gasteiger partial charge on any atom is 0.329 e. The van der Waals surface area contributed by atoms with Gasteiger partial charge in [0.2, 0.25) is 0 Å². The molecule has 2 bridgehead atoms. The Labute approximate surface area is 172 Å². The zero-order valence-electron chi connectivity index (χ0n) is 17.9. The van der Waals surface area contributed by atoms with Gasteiger partial charge in [-0.25, -0.2) is 4.79 Å². The highest BCUT2D eigenvalue weighted by atomic mass is 16.5. The van der Waals surface area contributed by atoms with Crippen LogP contribution in [-0.2, 0) is 9.53 Å². The van der Waals surface area contributed by atoms with E-state index in [1.807, 2.05) is 6.92 Å². The molecule has 4 atom stereocenters. The monoisotopic (exact) mass is 397 g/mol. The highest BCUT2D eigenvalue weighted by molar-refractivity contribution is 6.22. The van der Waals surface area contributed by atoms with Gasteiger partial charge in [-0.05, 0) is 49.1 Å². The molecule has 2 amide bonds. The van der Waals surface area contributed by atoms with Crippen LogP contribution in [0.4, 0.5) is 0 Å². The second-order valence-electron chi connectivity index (χ2n) is 9.72. The van der Waals surface area contributed by atoms with Crippen LogP contribution in [-0.4, -0.2) is 34.8 Å². The van der Waals surface area contributed by atoms with Crippen molar-refractivity contribution in [3.8, 4) is 0 Å². The van der Waals surface area contributed by atoms with Crippen LogP contribution in [0.1, 0.15) is 86.9 Å². The van der Waals surface area contributed by atoms with Gasteiger partial charge in [-0.15, -0.1) is 0 Å². The number of unbranched alkanes of at least 4 members (excludes halogenated alkanes) is 1. The summed E-state index contributed by atoms with van der Waals surface area (Å²) < 4.78 is 6.07. The van der Waals surface area contributed by atoms with Gasteiger partial charge in [0.25, 0.3) is 11.8 Å². The molecular weight excluding hydrogens is 366 g/mol. The quantitative estimate of drug-likeness (QED) is 0.520. The third-order valence-electron chi connectivity index (χ3n) is 8.21. The van der Waals surface area contributed by atoms with Gasteiger partial charge in [-0.1, -0.05) is 52.7 Å². The van der Waals surface area contributed by atoms with E-state index in [1.165, 1.54) is 6.42 Å². The highest BCUT2D eigenvalue weighted by Crippen LogP contribution is 2.66. The number of rotatable bonds is 6. The average Bonchev–Trinajstić information content (AvgIpc) is 3.15. The van der Waals surface area contributed by atoms with E-state index in [9.17, 15) is 14.4 Å². The van der Waals surface area contributed by atoms with Gasteiger partial charge in [0.05, 0.1) is 11.1 Å². The number of hydrogen-bond acceptors (Lipinski definition) is 4. The van der Waals surface area contributed by atoms with E-state index in [4.69, 9.17) is 4.74 Å². The van der Waals surface area contributed by atoms with Crippen molar-refractivity contribution in [2.75, 3.05) is 0 Å². The van der Waals surface area contributed by atoms with Crippen molar-refractivity contribution in [3.05, 3.63) is 35.4 Å². The maximum atomic E-state index is 13.3. The number of imide groups is 1. The Hall–Kier alpha value is -2.17. The molecule has 0 N–H and O–H groups in total. The summed E-state index contributed by atoms with van der Waals surface area (Å²) in [6.07, 6.45) is 5.02. The third-order valence-corrected chi connectivity index (χ3v) is 8.21. The van der Waals surface area contributed by atoms with Crippen molar-refractivity contribution in [1.82, 2.24) is 4.90 Å². The van der Waals surface area contributed by atoms with Crippen molar-refractivity contribution < 1.29 is 19.1 Å². The number of ether oxygens (including phenoxy) is 1. The zero-order valence-corrected chi connectivity index (χ0v) is 17.9. The first-order chi connectivity index (χ1) is 13.7. The summed E-state index contributed by atoms with van der Waals surface area (Å²) in [6.45, 7) is 8.81. The van der Waals surface area contributed by atoms with Gasteiger partial charge in [0.1, 0.15) is 12.1 Å². The van der Waals surface area contributed by atoms with Crippen LogP contribution in [0.5, 0.6) is 0 Å². The molecule has 0 aromatic heterocycles. The molecule has 2 saturated carbocycles. The lowest BCUT2D eigenvalue weighted by Gasteiger charge is -2.39. The zero-order chi connectivity index (χ0) is 21.0. The summed E-state index contributed by atoms with van der Waals surface area (Å²) >= 11 is 0. The van der Waals surface area contributed by atoms with Crippen molar-refractivity contribution in [3.63, 3.8) is 0 Å². The summed E-state index contributed by atoms with van der Waals surface area (Å²) in [5, 5.41) is 0. The normalized spacial score (nSPS) is 30.6. The molecule has 0 unspecified atom stereocenters. The Balaban J connectivity index is 1.58. The van der Waals surface area contributed by atoms with E-state index < -0.39 is 12.0 Å². The Morgan fingerprint density at radius 2 is 1.79 bits per heavy atom. The van der Waals surface area contributed by atoms with Gasteiger partial charge in [0.15, 0.2) is 0 Å². The fourth-order valence-corrected chi connectivity index (χ4v) is 5.77. The van der Waals surface area contributed by atoms with Crippen LogP contribution in [0.15, 0.2) is 24.3 Å². The van der Waals surface area contributed by atoms with Gasteiger partial charge >= 0.3 is 5.97 Å². The Kier molecular flexibility index (Phi) is 4.83. The standard InChI is InChI=1S/C24H31NO4/c1-5-6-11-18(25-20(26)16-9-7-8-10-17(16)21(25)27)22(28)29-19-14-15-12-13-24(19,4)23(15,2)3/h7-10,15,18-19H,5-6,11-14H2,1-4H3/t15-,18-,19+,24+/m0/s1. The summed E-state index contributed by atoms with van der Waals surface area (Å²) in [4.78, 5) is 40.3. The van der Waals surface area contributed by atoms with Gasteiger partial charge in [-0.2, -0.15) is 0 Å². The Bertz CT molecular complexity index is 825. The largest absolute Gasteiger partial charge is 0.460 e. The second-order valence-corrected chi connectivity index (χ2v) is 9.72. The number of carbonyl (C=O) groups excluding carboxylic acids is 3. The molecule has 1 heterocycles. The number of fused-ring (bicyclic) bond motifs is 3. The average molecular weight is 398 g/mol. The highest BCUT2D eigenvalue weighted by Gasteiger charge is 2.63. The molecule has 1 aromatic carbocycles.